The summed E-state index contributed by atoms with van der Waals surface area (Å²) in [6.07, 6.45) is 1.39. The van der Waals surface area contributed by atoms with Gasteiger partial charge in [0, 0.05) is 50.3 Å². The Hall–Kier alpha value is -3.41. The average molecular weight is 539 g/mol. The van der Waals surface area contributed by atoms with Crippen LogP contribution in [0.25, 0.3) is 11.1 Å². The van der Waals surface area contributed by atoms with E-state index in [2.05, 4.69) is 10.3 Å². The van der Waals surface area contributed by atoms with Gasteiger partial charge < -0.3 is 25.4 Å². The number of hydrogen-bond acceptors (Lipinski definition) is 7. The number of hydrogen-bond donors (Lipinski definition) is 2. The van der Waals surface area contributed by atoms with Gasteiger partial charge >= 0.3 is 5.97 Å². The van der Waals surface area contributed by atoms with E-state index < -0.39 is 42.1 Å². The summed E-state index contributed by atoms with van der Waals surface area (Å²) in [5.74, 6) is -5.86. The van der Waals surface area contributed by atoms with E-state index in [9.17, 15) is 27.2 Å². The Kier molecular flexibility index (Phi) is 8.39. The standard InChI is InChI=1S/C26H30F4N4O4/c1-2-37-21(35)14-38-25-22(15-9-16(27)11-17(28)10-15)23(34-8-5-18(31)13-34)20(12-32-25)24(36)33-19-3-6-26(29,30)7-4-19/h9-12,18-19H,2-8,13-14,31H2,1H3,(H,33,36)/t18-/m0/s1. The van der Waals surface area contributed by atoms with Crippen LogP contribution in [0.4, 0.5) is 23.2 Å². The lowest BCUT2D eigenvalue weighted by Crippen LogP contribution is -2.41. The van der Waals surface area contributed by atoms with Crippen LogP contribution in [0.15, 0.2) is 24.4 Å². The van der Waals surface area contributed by atoms with Gasteiger partial charge in [-0.25, -0.2) is 27.3 Å². The number of carbonyl (C=O) groups is 2. The molecule has 1 aliphatic carbocycles. The van der Waals surface area contributed by atoms with Crippen molar-refractivity contribution in [2.24, 2.45) is 5.73 Å². The van der Waals surface area contributed by atoms with Crippen molar-refractivity contribution < 1.29 is 36.6 Å². The maximum absolute atomic E-state index is 14.3. The van der Waals surface area contributed by atoms with E-state index in [4.69, 9.17) is 15.2 Å². The molecule has 0 unspecified atom stereocenters. The molecular weight excluding hydrogens is 508 g/mol. The van der Waals surface area contributed by atoms with Crippen molar-refractivity contribution in [3.63, 3.8) is 0 Å². The molecule has 0 bridgehead atoms. The molecule has 0 radical (unpaired) electrons. The molecule has 1 aromatic carbocycles. The lowest BCUT2D eigenvalue weighted by atomic mass is 9.92. The fraction of sp³-hybridized carbons (Fsp3) is 0.500. The molecule has 8 nitrogen and oxygen atoms in total. The van der Waals surface area contributed by atoms with Crippen LogP contribution >= 0.6 is 0 Å². The Morgan fingerprint density at radius 3 is 2.45 bits per heavy atom. The van der Waals surface area contributed by atoms with Gasteiger partial charge in [-0.3, -0.25) is 4.79 Å². The molecule has 0 spiro atoms. The van der Waals surface area contributed by atoms with E-state index in [1.165, 1.54) is 6.20 Å². The fourth-order valence-corrected chi connectivity index (χ4v) is 4.82. The van der Waals surface area contributed by atoms with Crippen LogP contribution in [0.1, 0.15) is 49.4 Å². The van der Waals surface area contributed by atoms with Gasteiger partial charge in [0.1, 0.15) is 11.6 Å². The van der Waals surface area contributed by atoms with Gasteiger partial charge in [0.25, 0.3) is 5.91 Å². The van der Waals surface area contributed by atoms with Crippen molar-refractivity contribution in [3.05, 3.63) is 41.6 Å². The summed E-state index contributed by atoms with van der Waals surface area (Å²) in [4.78, 5) is 31.4. The number of esters is 1. The number of ether oxygens (including phenoxy) is 2. The van der Waals surface area contributed by atoms with Crippen molar-refractivity contribution in [2.45, 2.75) is 57.0 Å². The number of anilines is 1. The van der Waals surface area contributed by atoms with Gasteiger partial charge in [0.2, 0.25) is 11.8 Å². The number of pyridine rings is 1. The zero-order chi connectivity index (χ0) is 27.4. The first-order valence-corrected chi connectivity index (χ1v) is 12.5. The summed E-state index contributed by atoms with van der Waals surface area (Å²) in [5.41, 5.74) is 6.61. The molecule has 2 fully saturated rings. The Morgan fingerprint density at radius 2 is 1.84 bits per heavy atom. The molecule has 2 aromatic rings. The molecule has 2 aliphatic rings. The van der Waals surface area contributed by atoms with E-state index in [-0.39, 0.29) is 66.6 Å². The Bertz CT molecular complexity index is 1170. The molecular formula is C26H30F4N4O4. The van der Waals surface area contributed by atoms with E-state index in [0.717, 1.165) is 12.1 Å². The molecule has 38 heavy (non-hydrogen) atoms. The van der Waals surface area contributed by atoms with Crippen LogP contribution in [0.2, 0.25) is 0 Å². The Morgan fingerprint density at radius 1 is 1.16 bits per heavy atom. The van der Waals surface area contributed by atoms with E-state index >= 15 is 0 Å². The first-order valence-electron chi connectivity index (χ1n) is 12.5. The maximum Gasteiger partial charge on any atom is 0.344 e. The maximum atomic E-state index is 14.3. The smallest absolute Gasteiger partial charge is 0.344 e. The second-order valence-electron chi connectivity index (χ2n) is 9.55. The Labute approximate surface area is 217 Å². The molecule has 1 aliphatic heterocycles. The molecule has 1 saturated heterocycles. The minimum absolute atomic E-state index is 0.0382. The molecule has 1 amide bonds. The summed E-state index contributed by atoms with van der Waals surface area (Å²) < 4.78 is 66.4. The van der Waals surface area contributed by atoms with Crippen molar-refractivity contribution in [1.82, 2.24) is 10.3 Å². The van der Waals surface area contributed by atoms with E-state index in [1.54, 1.807) is 11.8 Å². The second kappa shape index (κ2) is 11.5. The van der Waals surface area contributed by atoms with Gasteiger partial charge in [-0.1, -0.05) is 0 Å². The second-order valence-corrected chi connectivity index (χ2v) is 9.55. The predicted molar refractivity (Wildman–Crippen MR) is 131 cm³/mol. The zero-order valence-corrected chi connectivity index (χ0v) is 20.9. The zero-order valence-electron chi connectivity index (χ0n) is 20.9. The lowest BCUT2D eigenvalue weighted by Gasteiger charge is -2.30. The van der Waals surface area contributed by atoms with E-state index in [0.29, 0.717) is 25.6 Å². The van der Waals surface area contributed by atoms with Gasteiger partial charge in [-0.2, -0.15) is 0 Å². The molecule has 206 valence electrons. The minimum Gasteiger partial charge on any atom is -0.465 e. The number of benzene rings is 1. The molecule has 12 heteroatoms. The van der Waals surface area contributed by atoms with Crippen LogP contribution in [-0.2, 0) is 9.53 Å². The number of halogens is 4. The topological polar surface area (TPSA) is 107 Å². The summed E-state index contributed by atoms with van der Waals surface area (Å²) in [6.45, 7) is 2.01. The molecule has 4 rings (SSSR count). The third-order valence-corrected chi connectivity index (χ3v) is 6.64. The largest absolute Gasteiger partial charge is 0.465 e. The highest BCUT2D eigenvalue weighted by atomic mass is 19.3. The van der Waals surface area contributed by atoms with Gasteiger partial charge in [0.15, 0.2) is 6.61 Å². The van der Waals surface area contributed by atoms with Crippen molar-refractivity contribution >= 4 is 17.6 Å². The molecule has 1 saturated carbocycles. The van der Waals surface area contributed by atoms with Crippen LogP contribution in [0, 0.1) is 11.6 Å². The number of alkyl halides is 2. The van der Waals surface area contributed by atoms with Crippen molar-refractivity contribution in [2.75, 3.05) is 31.2 Å². The third-order valence-electron chi connectivity index (χ3n) is 6.64. The first-order chi connectivity index (χ1) is 18.1. The molecule has 2 heterocycles. The number of carbonyl (C=O) groups excluding carboxylic acids is 2. The SMILES string of the molecule is CCOC(=O)COc1ncc(C(=O)NC2CCC(F)(F)CC2)c(N2CC[C@H](N)C2)c1-c1cc(F)cc(F)c1. The van der Waals surface area contributed by atoms with Crippen LogP contribution < -0.4 is 20.7 Å². The predicted octanol–water partition coefficient (Wildman–Crippen LogP) is 3.81. The molecule has 3 N–H and O–H groups in total. The van der Waals surface area contributed by atoms with Crippen molar-refractivity contribution in [1.29, 1.82) is 0 Å². The van der Waals surface area contributed by atoms with E-state index in [1.807, 2.05) is 0 Å². The molecule has 1 atom stereocenters. The fourth-order valence-electron chi connectivity index (χ4n) is 4.82. The van der Waals surface area contributed by atoms with Gasteiger partial charge in [-0.05, 0) is 43.9 Å². The summed E-state index contributed by atoms with van der Waals surface area (Å²) in [7, 11) is 0. The lowest BCUT2D eigenvalue weighted by molar-refractivity contribution is -0.145. The summed E-state index contributed by atoms with van der Waals surface area (Å²) in [5, 5.41) is 2.80. The number of rotatable bonds is 8. The van der Waals surface area contributed by atoms with Crippen molar-refractivity contribution in [3.8, 4) is 17.0 Å². The van der Waals surface area contributed by atoms with Gasteiger partial charge in [-0.15, -0.1) is 0 Å². The first kappa shape index (κ1) is 27.6. The molecule has 1 aromatic heterocycles. The number of nitrogens with one attached hydrogen (secondary N) is 1. The van der Waals surface area contributed by atoms with Gasteiger partial charge in [0.05, 0.1) is 23.4 Å². The monoisotopic (exact) mass is 538 g/mol. The van der Waals surface area contributed by atoms with Crippen LogP contribution in [0.3, 0.4) is 0 Å². The third kappa shape index (κ3) is 6.53. The quantitative estimate of drug-likeness (QED) is 0.389. The van der Waals surface area contributed by atoms with Crippen LogP contribution in [-0.4, -0.2) is 61.2 Å². The number of aromatic nitrogens is 1. The summed E-state index contributed by atoms with van der Waals surface area (Å²) >= 11 is 0. The number of nitrogens with zero attached hydrogens (tertiary/aromatic N) is 2. The highest BCUT2D eigenvalue weighted by Crippen LogP contribution is 2.42. The normalized spacial score (nSPS) is 19.3. The summed E-state index contributed by atoms with van der Waals surface area (Å²) in [6, 6.07) is 2.16. The number of amides is 1. The average Bonchev–Trinajstić information content (AvgIpc) is 3.29. The highest BCUT2D eigenvalue weighted by molar-refractivity contribution is 6.04. The Balaban J connectivity index is 1.78. The van der Waals surface area contributed by atoms with Crippen LogP contribution in [0.5, 0.6) is 5.88 Å². The minimum atomic E-state index is -2.76. The highest BCUT2D eigenvalue weighted by Gasteiger charge is 2.36. The number of nitrogens with two attached hydrogens (primary N) is 1.